The van der Waals surface area contributed by atoms with Crippen LogP contribution in [-0.4, -0.2) is 113 Å². The van der Waals surface area contributed by atoms with Gasteiger partial charge in [-0.3, -0.25) is 14.4 Å². The standard InChI is InChI=1S/C46H52ClN3O11Si/c1-25-42(62(3,4)33-16-14-32(59-2)15-17-33)36(21-37(52)49-23-28-8-6-5-7-27(28)19-31(49)24-51)61-46(25)34-20-29(47)11-18-35(34)50(45(46)58)22-26-9-12-30(13-10-26)48-43(56)41-39(54)38(53)40(55)44(57)60-41/h5-18,20,25,31,36,38-42,44,51,53-55,57H,19,21-24H2,1-4H3,(H,48,56)/t25-,31-,36+,38-,39-,40+,41-,42-,44+,46+/m0/s1. The minimum Gasteiger partial charge on any atom is -0.497 e. The number of aliphatic hydroxyl groups excluding tert-OH is 5. The first kappa shape index (κ1) is 43.9. The van der Waals surface area contributed by atoms with Crippen LogP contribution in [0.2, 0.25) is 23.7 Å². The van der Waals surface area contributed by atoms with Crippen LogP contribution in [0.3, 0.4) is 0 Å². The van der Waals surface area contributed by atoms with Crippen LogP contribution in [0, 0.1) is 5.92 Å². The van der Waals surface area contributed by atoms with Gasteiger partial charge in [0.1, 0.15) is 24.1 Å². The van der Waals surface area contributed by atoms with E-state index in [1.807, 2.05) is 43.3 Å². The van der Waals surface area contributed by atoms with Crippen molar-refractivity contribution < 1.29 is 54.1 Å². The van der Waals surface area contributed by atoms with E-state index >= 15 is 4.79 Å². The molecule has 10 atom stereocenters. The van der Waals surface area contributed by atoms with Crippen molar-refractivity contribution in [2.75, 3.05) is 23.9 Å². The topological polar surface area (TPSA) is 199 Å². The van der Waals surface area contributed by atoms with Gasteiger partial charge in [0.2, 0.25) is 5.91 Å². The maximum absolute atomic E-state index is 15.3. The van der Waals surface area contributed by atoms with Crippen LogP contribution in [0.15, 0.2) is 91.0 Å². The van der Waals surface area contributed by atoms with Crippen LogP contribution in [0.25, 0.3) is 0 Å². The van der Waals surface area contributed by atoms with E-state index in [1.165, 1.54) is 0 Å². The molecule has 14 nitrogen and oxygen atoms in total. The van der Waals surface area contributed by atoms with Gasteiger partial charge in [0.25, 0.3) is 11.8 Å². The third-order valence-corrected chi connectivity index (χ3v) is 18.1. The van der Waals surface area contributed by atoms with Crippen molar-refractivity contribution in [2.24, 2.45) is 5.92 Å². The summed E-state index contributed by atoms with van der Waals surface area (Å²) in [5, 5.41) is 54.7. The molecule has 16 heteroatoms. The van der Waals surface area contributed by atoms with E-state index in [2.05, 4.69) is 30.5 Å². The Morgan fingerprint density at radius 3 is 2.31 bits per heavy atom. The second-order valence-corrected chi connectivity index (χ2v) is 22.5. The zero-order chi connectivity index (χ0) is 44.2. The molecule has 1 spiro atoms. The van der Waals surface area contributed by atoms with Crippen LogP contribution in [0.4, 0.5) is 11.4 Å². The molecule has 4 aromatic carbocycles. The molecule has 8 rings (SSSR count). The van der Waals surface area contributed by atoms with Gasteiger partial charge in [0.15, 0.2) is 18.0 Å². The fraction of sp³-hybridized carbons (Fsp3) is 0.413. The van der Waals surface area contributed by atoms with E-state index < -0.39 is 68.4 Å². The zero-order valence-corrected chi connectivity index (χ0v) is 36.6. The largest absolute Gasteiger partial charge is 0.497 e. The summed E-state index contributed by atoms with van der Waals surface area (Å²) in [5.74, 6) is -0.987. The molecular formula is C46H52ClN3O11Si. The predicted octanol–water partition coefficient (Wildman–Crippen LogP) is 3.19. The molecule has 0 radical (unpaired) electrons. The summed E-state index contributed by atoms with van der Waals surface area (Å²) in [6.45, 7) is 6.82. The van der Waals surface area contributed by atoms with E-state index in [9.17, 15) is 35.1 Å². The van der Waals surface area contributed by atoms with Gasteiger partial charge in [-0.25, -0.2) is 0 Å². The van der Waals surface area contributed by atoms with Crippen molar-refractivity contribution in [2.45, 2.75) is 99.9 Å². The van der Waals surface area contributed by atoms with Gasteiger partial charge in [-0.15, -0.1) is 0 Å². The fourth-order valence-corrected chi connectivity index (χ4v) is 14.3. The number of halogens is 1. The number of carbonyl (C=O) groups excluding carboxylic acids is 3. The van der Waals surface area contributed by atoms with Gasteiger partial charge in [-0.05, 0) is 71.1 Å². The van der Waals surface area contributed by atoms with Crippen molar-refractivity contribution in [3.8, 4) is 5.75 Å². The average Bonchev–Trinajstić information content (AvgIpc) is 3.69. The molecular weight excluding hydrogens is 834 g/mol. The molecule has 0 aliphatic carbocycles. The maximum Gasteiger partial charge on any atom is 0.264 e. The van der Waals surface area contributed by atoms with Crippen molar-refractivity contribution in [3.63, 3.8) is 0 Å². The number of nitrogens with one attached hydrogen (secondary N) is 1. The Bertz CT molecular complexity index is 2330. The van der Waals surface area contributed by atoms with Gasteiger partial charge in [0.05, 0.1) is 52.6 Å². The van der Waals surface area contributed by atoms with E-state index in [0.29, 0.717) is 40.5 Å². The van der Waals surface area contributed by atoms with Gasteiger partial charge in [0, 0.05) is 28.7 Å². The number of anilines is 2. The summed E-state index contributed by atoms with van der Waals surface area (Å²) in [6, 6.07) is 27.5. The molecule has 4 aliphatic heterocycles. The van der Waals surface area contributed by atoms with Gasteiger partial charge < -0.3 is 54.9 Å². The predicted molar refractivity (Wildman–Crippen MR) is 232 cm³/mol. The quantitative estimate of drug-likeness (QED) is 0.128. The molecule has 2 saturated heterocycles. The number of methoxy groups -OCH3 is 1. The minimum absolute atomic E-state index is 0.000201. The monoisotopic (exact) mass is 885 g/mol. The Morgan fingerprint density at radius 2 is 1.63 bits per heavy atom. The third kappa shape index (κ3) is 7.62. The highest BCUT2D eigenvalue weighted by Gasteiger charge is 2.66. The second-order valence-electron chi connectivity index (χ2n) is 17.3. The Kier molecular flexibility index (Phi) is 12.1. The van der Waals surface area contributed by atoms with Crippen molar-refractivity contribution in [1.29, 1.82) is 0 Å². The van der Waals surface area contributed by atoms with Crippen LogP contribution in [0.5, 0.6) is 5.75 Å². The molecule has 4 heterocycles. The summed E-state index contributed by atoms with van der Waals surface area (Å²) in [4.78, 5) is 46.4. The van der Waals surface area contributed by atoms with Crippen LogP contribution in [-0.2, 0) is 49.0 Å². The van der Waals surface area contributed by atoms with Crippen molar-refractivity contribution in [3.05, 3.63) is 118 Å². The summed E-state index contributed by atoms with van der Waals surface area (Å²) in [7, 11) is -0.995. The van der Waals surface area contributed by atoms with Gasteiger partial charge in [-0.1, -0.05) is 85.3 Å². The average molecular weight is 886 g/mol. The number of amides is 3. The Labute approximate surface area is 365 Å². The van der Waals surface area contributed by atoms with E-state index in [1.54, 1.807) is 59.4 Å². The smallest absolute Gasteiger partial charge is 0.264 e. The summed E-state index contributed by atoms with van der Waals surface area (Å²) in [5.41, 5.74) is 2.67. The molecule has 0 bridgehead atoms. The lowest BCUT2D eigenvalue weighted by Crippen LogP contribution is -2.60. The number of hydrogen-bond donors (Lipinski definition) is 6. The molecule has 0 aromatic heterocycles. The SMILES string of the molecule is COc1ccc([Si](C)(C)[C@@H]2[C@@H](CC(=O)N3Cc4ccccc4C[C@H]3CO)O[C@]3(C(=O)N(Cc4ccc(NC(=O)[C@H]5O[C@@H](O)[C@H](O)[C@@H](O)[C@@H]5O)cc4)c4ccc(Cl)cc43)[C@H]2C)cc1. The molecule has 0 saturated carbocycles. The summed E-state index contributed by atoms with van der Waals surface area (Å²) < 4.78 is 17.8. The number of nitrogens with zero attached hydrogens (tertiary/aromatic N) is 2. The van der Waals surface area contributed by atoms with Gasteiger partial charge >= 0.3 is 0 Å². The minimum atomic E-state index is -2.61. The normalized spacial score (nSPS) is 29.4. The number of fused-ring (bicyclic) bond motifs is 3. The number of ether oxygens (including phenoxy) is 3. The lowest BCUT2D eigenvalue weighted by Gasteiger charge is -2.39. The number of hydrogen-bond acceptors (Lipinski definition) is 11. The Balaban J connectivity index is 1.10. The molecule has 62 heavy (non-hydrogen) atoms. The van der Waals surface area contributed by atoms with E-state index in [-0.39, 0.29) is 36.9 Å². The van der Waals surface area contributed by atoms with Crippen LogP contribution >= 0.6 is 11.6 Å². The Morgan fingerprint density at radius 1 is 0.935 bits per heavy atom. The fourth-order valence-electron chi connectivity index (χ4n) is 10.1. The van der Waals surface area contributed by atoms with Crippen molar-refractivity contribution in [1.82, 2.24) is 4.90 Å². The molecule has 6 N–H and O–H groups in total. The number of aliphatic hydroxyl groups is 5. The molecule has 4 aromatic rings. The van der Waals surface area contributed by atoms with Crippen LogP contribution < -0.4 is 20.1 Å². The number of carbonyl (C=O) groups is 3. The first-order valence-electron chi connectivity index (χ1n) is 20.8. The molecule has 3 amide bonds. The van der Waals surface area contributed by atoms with Crippen LogP contribution in [0.1, 0.15) is 35.6 Å². The lowest BCUT2D eigenvalue weighted by molar-refractivity contribution is -0.274. The van der Waals surface area contributed by atoms with Crippen molar-refractivity contribution >= 4 is 54.0 Å². The summed E-state index contributed by atoms with van der Waals surface area (Å²) >= 11 is 6.71. The second kappa shape index (κ2) is 17.1. The highest BCUT2D eigenvalue weighted by Crippen LogP contribution is 2.60. The lowest BCUT2D eigenvalue weighted by atomic mass is 9.82. The van der Waals surface area contributed by atoms with E-state index in [0.717, 1.165) is 22.1 Å². The molecule has 328 valence electrons. The third-order valence-electron chi connectivity index (χ3n) is 13.5. The summed E-state index contributed by atoms with van der Waals surface area (Å²) in [6.07, 6.45) is -9.01. The first-order valence-corrected chi connectivity index (χ1v) is 24.2. The highest BCUT2D eigenvalue weighted by molar-refractivity contribution is 6.91. The molecule has 0 unspecified atom stereocenters. The molecule has 2 fully saturated rings. The zero-order valence-electron chi connectivity index (χ0n) is 34.8. The van der Waals surface area contributed by atoms with Gasteiger partial charge in [-0.2, -0.15) is 0 Å². The first-order chi connectivity index (χ1) is 29.6. The number of rotatable bonds is 10. The van der Waals surface area contributed by atoms with E-state index in [4.69, 9.17) is 25.8 Å². The number of benzene rings is 4. The maximum atomic E-state index is 15.3. The Hall–Kier alpha value is -4.68. The highest BCUT2D eigenvalue weighted by atomic mass is 35.5. The molecule has 4 aliphatic rings.